The zero-order valence-corrected chi connectivity index (χ0v) is 11.6. The monoisotopic (exact) mass is 252 g/mol. The zero-order chi connectivity index (χ0) is 13.0. The van der Waals surface area contributed by atoms with Crippen molar-refractivity contribution in [2.75, 3.05) is 38.6 Å². The Morgan fingerprint density at radius 1 is 1.56 bits per heavy atom. The van der Waals surface area contributed by atoms with E-state index in [1.807, 2.05) is 12.4 Å². The molecule has 1 aliphatic rings. The molecule has 1 aliphatic heterocycles. The fourth-order valence-electron chi connectivity index (χ4n) is 2.21. The molecule has 5 nitrogen and oxygen atoms in total. The standard InChI is InChI=1S/C13H24N4O/c1-11(2)9-17-5-4-14-13(17)15-8-12-10-16(3)6-7-18-12/h4-5,11-12H,6-10H2,1-3H3,(H,14,15). The highest BCUT2D eigenvalue weighted by Crippen LogP contribution is 2.10. The quantitative estimate of drug-likeness (QED) is 0.857. The van der Waals surface area contributed by atoms with E-state index < -0.39 is 0 Å². The van der Waals surface area contributed by atoms with Crippen LogP contribution >= 0.6 is 0 Å². The van der Waals surface area contributed by atoms with Gasteiger partial charge in [0.05, 0.1) is 12.7 Å². The van der Waals surface area contributed by atoms with E-state index in [2.05, 4.69) is 40.7 Å². The Morgan fingerprint density at radius 2 is 2.39 bits per heavy atom. The minimum absolute atomic E-state index is 0.257. The number of ether oxygens (including phenoxy) is 1. The Bertz CT molecular complexity index is 364. The van der Waals surface area contributed by atoms with Gasteiger partial charge in [-0.2, -0.15) is 0 Å². The lowest BCUT2D eigenvalue weighted by Gasteiger charge is -2.30. The average molecular weight is 252 g/mol. The van der Waals surface area contributed by atoms with Crippen molar-refractivity contribution in [3.63, 3.8) is 0 Å². The lowest BCUT2D eigenvalue weighted by molar-refractivity contribution is -0.0118. The first-order valence-corrected chi connectivity index (χ1v) is 6.70. The summed E-state index contributed by atoms with van der Waals surface area (Å²) in [5, 5.41) is 3.39. The van der Waals surface area contributed by atoms with Gasteiger partial charge in [-0.15, -0.1) is 0 Å². The molecule has 1 aromatic rings. The van der Waals surface area contributed by atoms with Crippen LogP contribution in [0.5, 0.6) is 0 Å². The van der Waals surface area contributed by atoms with Crippen LogP contribution in [-0.4, -0.2) is 53.8 Å². The number of hydrogen-bond donors (Lipinski definition) is 1. The predicted molar refractivity (Wildman–Crippen MR) is 72.8 cm³/mol. The van der Waals surface area contributed by atoms with Crippen LogP contribution in [-0.2, 0) is 11.3 Å². The van der Waals surface area contributed by atoms with Gasteiger partial charge in [0.25, 0.3) is 0 Å². The van der Waals surface area contributed by atoms with Crippen molar-refractivity contribution in [1.82, 2.24) is 14.5 Å². The molecule has 18 heavy (non-hydrogen) atoms. The minimum Gasteiger partial charge on any atom is -0.374 e. The molecule has 1 saturated heterocycles. The number of aromatic nitrogens is 2. The molecule has 0 aromatic carbocycles. The van der Waals surface area contributed by atoms with Gasteiger partial charge in [-0.05, 0) is 13.0 Å². The first-order chi connectivity index (χ1) is 8.65. The maximum atomic E-state index is 5.73. The van der Waals surface area contributed by atoms with Crippen LogP contribution in [0.25, 0.3) is 0 Å². The van der Waals surface area contributed by atoms with Crippen molar-refractivity contribution in [3.8, 4) is 0 Å². The van der Waals surface area contributed by atoms with Gasteiger partial charge in [0.1, 0.15) is 0 Å². The summed E-state index contributed by atoms with van der Waals surface area (Å²) in [5.41, 5.74) is 0. The molecule has 2 rings (SSSR count). The average Bonchev–Trinajstić information content (AvgIpc) is 2.73. The van der Waals surface area contributed by atoms with Gasteiger partial charge >= 0.3 is 0 Å². The molecule has 102 valence electrons. The third kappa shape index (κ3) is 3.71. The summed E-state index contributed by atoms with van der Waals surface area (Å²) in [7, 11) is 2.13. The summed E-state index contributed by atoms with van der Waals surface area (Å²) in [6, 6.07) is 0. The number of rotatable bonds is 5. The van der Waals surface area contributed by atoms with E-state index in [0.29, 0.717) is 5.92 Å². The smallest absolute Gasteiger partial charge is 0.202 e. The lowest BCUT2D eigenvalue weighted by Crippen LogP contribution is -2.43. The van der Waals surface area contributed by atoms with Gasteiger partial charge in [0.15, 0.2) is 0 Å². The van der Waals surface area contributed by atoms with Crippen molar-refractivity contribution < 1.29 is 4.74 Å². The lowest BCUT2D eigenvalue weighted by atomic mass is 10.2. The summed E-state index contributed by atoms with van der Waals surface area (Å²) in [5.74, 6) is 1.57. The topological polar surface area (TPSA) is 42.3 Å². The van der Waals surface area contributed by atoms with Gasteiger partial charge in [-0.25, -0.2) is 4.98 Å². The number of nitrogens with zero attached hydrogens (tertiary/aromatic N) is 3. The number of likely N-dealkylation sites (N-methyl/N-ethyl adjacent to an activating group) is 1. The molecule has 1 aromatic heterocycles. The van der Waals surface area contributed by atoms with Crippen molar-refractivity contribution in [1.29, 1.82) is 0 Å². The fraction of sp³-hybridized carbons (Fsp3) is 0.769. The highest BCUT2D eigenvalue weighted by molar-refractivity contribution is 5.26. The molecule has 0 spiro atoms. The summed E-state index contributed by atoms with van der Waals surface area (Å²) < 4.78 is 7.89. The Labute approximate surface area is 109 Å². The van der Waals surface area contributed by atoms with E-state index in [-0.39, 0.29) is 6.10 Å². The molecule has 0 bridgehead atoms. The SMILES string of the molecule is CC(C)Cn1ccnc1NCC1CN(C)CCO1. The molecule has 1 fully saturated rings. The van der Waals surface area contributed by atoms with Gasteiger partial charge in [-0.3, -0.25) is 0 Å². The minimum atomic E-state index is 0.257. The second-order valence-corrected chi connectivity index (χ2v) is 5.43. The Hall–Kier alpha value is -1.07. The number of hydrogen-bond acceptors (Lipinski definition) is 4. The van der Waals surface area contributed by atoms with Gasteiger partial charge < -0.3 is 19.5 Å². The van der Waals surface area contributed by atoms with Crippen LogP contribution in [0.15, 0.2) is 12.4 Å². The maximum Gasteiger partial charge on any atom is 0.202 e. The first-order valence-electron chi connectivity index (χ1n) is 6.70. The molecule has 0 aliphatic carbocycles. The molecular formula is C13H24N4O. The number of imidazole rings is 1. The summed E-state index contributed by atoms with van der Waals surface area (Å²) >= 11 is 0. The zero-order valence-electron chi connectivity index (χ0n) is 11.6. The number of nitrogens with one attached hydrogen (secondary N) is 1. The molecular weight excluding hydrogens is 228 g/mol. The molecule has 0 radical (unpaired) electrons. The van der Waals surface area contributed by atoms with Crippen LogP contribution in [0.3, 0.4) is 0 Å². The third-order valence-corrected chi connectivity index (χ3v) is 3.11. The Morgan fingerprint density at radius 3 is 3.11 bits per heavy atom. The van der Waals surface area contributed by atoms with Crippen LogP contribution in [0.2, 0.25) is 0 Å². The van der Waals surface area contributed by atoms with E-state index in [0.717, 1.165) is 38.7 Å². The number of anilines is 1. The Kier molecular flexibility index (Phi) is 4.60. The second-order valence-electron chi connectivity index (χ2n) is 5.43. The predicted octanol–water partition coefficient (Wildman–Crippen LogP) is 1.28. The van der Waals surface area contributed by atoms with Crippen LogP contribution in [0.4, 0.5) is 5.95 Å². The van der Waals surface area contributed by atoms with E-state index in [1.54, 1.807) is 0 Å². The molecule has 1 atom stereocenters. The van der Waals surface area contributed by atoms with Crippen molar-refractivity contribution in [2.45, 2.75) is 26.5 Å². The largest absolute Gasteiger partial charge is 0.374 e. The second kappa shape index (κ2) is 6.20. The fourth-order valence-corrected chi connectivity index (χ4v) is 2.21. The normalized spacial score (nSPS) is 21.4. The van der Waals surface area contributed by atoms with Gasteiger partial charge in [0.2, 0.25) is 5.95 Å². The number of morpholine rings is 1. The maximum absolute atomic E-state index is 5.73. The molecule has 2 heterocycles. The van der Waals surface area contributed by atoms with Crippen LogP contribution in [0.1, 0.15) is 13.8 Å². The third-order valence-electron chi connectivity index (χ3n) is 3.11. The van der Waals surface area contributed by atoms with E-state index in [1.165, 1.54) is 0 Å². The summed E-state index contributed by atoms with van der Waals surface area (Å²) in [4.78, 5) is 6.66. The van der Waals surface area contributed by atoms with Crippen molar-refractivity contribution in [2.24, 2.45) is 5.92 Å². The molecule has 0 amide bonds. The van der Waals surface area contributed by atoms with E-state index in [9.17, 15) is 0 Å². The summed E-state index contributed by atoms with van der Waals surface area (Å²) in [6.45, 7) is 9.07. The highest BCUT2D eigenvalue weighted by Gasteiger charge is 2.17. The van der Waals surface area contributed by atoms with Crippen molar-refractivity contribution in [3.05, 3.63) is 12.4 Å². The Balaban J connectivity index is 1.84. The molecule has 1 unspecified atom stereocenters. The molecule has 5 heteroatoms. The molecule has 1 N–H and O–H groups in total. The van der Waals surface area contributed by atoms with Gasteiger partial charge in [-0.1, -0.05) is 13.8 Å². The molecule has 0 saturated carbocycles. The van der Waals surface area contributed by atoms with E-state index >= 15 is 0 Å². The van der Waals surface area contributed by atoms with Crippen LogP contribution < -0.4 is 5.32 Å². The summed E-state index contributed by atoms with van der Waals surface area (Å²) in [6.07, 6.45) is 4.13. The first kappa shape index (κ1) is 13.4. The highest BCUT2D eigenvalue weighted by atomic mass is 16.5. The van der Waals surface area contributed by atoms with Crippen molar-refractivity contribution >= 4 is 5.95 Å². The van der Waals surface area contributed by atoms with Crippen LogP contribution in [0, 0.1) is 5.92 Å². The van der Waals surface area contributed by atoms with E-state index in [4.69, 9.17) is 4.74 Å². The van der Waals surface area contributed by atoms with Gasteiger partial charge in [0, 0.05) is 38.6 Å².